The molecule has 0 radical (unpaired) electrons. The molecule has 0 bridgehead atoms. The second kappa shape index (κ2) is 5.25. The molecule has 1 aliphatic carbocycles. The van der Waals surface area contributed by atoms with Gasteiger partial charge in [-0.05, 0) is 54.7 Å². The van der Waals surface area contributed by atoms with Crippen LogP contribution in [0, 0.1) is 17.3 Å². The number of carbonyl (C=O) groups is 1. The Hall–Kier alpha value is -1.00. The van der Waals surface area contributed by atoms with Crippen LogP contribution in [-0.2, 0) is 9.53 Å². The van der Waals surface area contributed by atoms with Crippen LogP contribution in [0.2, 0.25) is 0 Å². The maximum atomic E-state index is 13.3. The van der Waals surface area contributed by atoms with E-state index < -0.39 is 5.41 Å². The highest BCUT2D eigenvalue weighted by atomic mass is 32.2. The average Bonchev–Trinajstić information content (AvgIpc) is 3.10. The summed E-state index contributed by atoms with van der Waals surface area (Å²) in [5.74, 6) is 3.34. The summed E-state index contributed by atoms with van der Waals surface area (Å²) in [5, 5.41) is 0. The number of allylic oxidation sites excluding steroid dienone is 4. The molecule has 24 heavy (non-hydrogen) atoms. The van der Waals surface area contributed by atoms with Crippen LogP contribution in [0.1, 0.15) is 26.2 Å². The Bertz CT molecular complexity index is 663. The molecule has 0 aromatic carbocycles. The van der Waals surface area contributed by atoms with Crippen LogP contribution < -0.4 is 0 Å². The first-order chi connectivity index (χ1) is 11.7. The fraction of sp³-hybridized carbons (Fsp3) is 0.650. The highest BCUT2D eigenvalue weighted by molar-refractivity contribution is 7.99. The first-order valence-electron chi connectivity index (χ1n) is 9.29. The zero-order chi connectivity index (χ0) is 16.4. The Kier molecular flexibility index (Phi) is 3.34. The molecule has 5 atom stereocenters. The lowest BCUT2D eigenvalue weighted by atomic mass is 9.61. The molecule has 4 aliphatic heterocycles. The van der Waals surface area contributed by atoms with Crippen LogP contribution in [0.15, 0.2) is 36.0 Å². The molecule has 0 aromatic rings. The maximum absolute atomic E-state index is 13.3. The van der Waals surface area contributed by atoms with Crippen LogP contribution in [0.25, 0.3) is 0 Å². The number of nitrogens with zero attached hydrogens (tertiary/aromatic N) is 1. The lowest BCUT2D eigenvalue weighted by Crippen LogP contribution is -2.72. The average molecular weight is 343 g/mol. The largest absolute Gasteiger partial charge is 0.450 e. The lowest BCUT2D eigenvalue weighted by Gasteiger charge is -2.58. The van der Waals surface area contributed by atoms with Crippen LogP contribution >= 0.6 is 11.8 Å². The highest BCUT2D eigenvalue weighted by Crippen LogP contribution is 2.60. The molecule has 3 nitrogen and oxygen atoms in total. The number of fused-ring (bicyclic) bond motifs is 4. The molecule has 4 heterocycles. The molecule has 1 spiro atoms. The number of hydrogen-bond donors (Lipinski definition) is 0. The van der Waals surface area contributed by atoms with Crippen molar-refractivity contribution in [1.82, 2.24) is 4.90 Å². The third-order valence-electron chi connectivity index (χ3n) is 6.88. The Balaban J connectivity index is 1.60. The molecule has 0 saturated carbocycles. The molecule has 0 aromatic heterocycles. The standard InChI is InChI=1S/C20H25NO2S/c1-14-6-9-21-13-20(17(21)11-14)16-5-3-2-4-8-19(16,18(22)23-20)15-7-10-24-12-15/h2-5,8,14-15,17H,6-7,9-13H2,1H3/t14-,15?,17+,19+,20-/m1/s1. The SMILES string of the molecule is C[C@@H]1CCN2C[C@]3(OC(=O)[C@]4(C5CCSC5)C=CC=CC=C43)[C@@H]2C1. The molecule has 0 amide bonds. The minimum atomic E-state index is -0.514. The zero-order valence-electron chi connectivity index (χ0n) is 14.2. The molecule has 5 aliphatic rings. The van der Waals surface area contributed by atoms with Crippen LogP contribution in [0.5, 0.6) is 0 Å². The van der Waals surface area contributed by atoms with E-state index in [1.807, 2.05) is 11.8 Å². The summed E-state index contributed by atoms with van der Waals surface area (Å²) in [4.78, 5) is 15.8. The van der Waals surface area contributed by atoms with Gasteiger partial charge in [0.2, 0.25) is 0 Å². The van der Waals surface area contributed by atoms with Gasteiger partial charge in [0.25, 0.3) is 0 Å². The van der Waals surface area contributed by atoms with E-state index in [4.69, 9.17) is 4.74 Å². The summed E-state index contributed by atoms with van der Waals surface area (Å²) >= 11 is 1.98. The van der Waals surface area contributed by atoms with Gasteiger partial charge in [0.1, 0.15) is 5.41 Å². The Morgan fingerprint density at radius 2 is 2.21 bits per heavy atom. The lowest BCUT2D eigenvalue weighted by molar-refractivity contribution is -0.184. The van der Waals surface area contributed by atoms with Crippen molar-refractivity contribution in [1.29, 1.82) is 0 Å². The third kappa shape index (κ3) is 1.82. The number of thioether (sulfide) groups is 1. The molecule has 128 valence electrons. The van der Waals surface area contributed by atoms with Gasteiger partial charge in [0.15, 0.2) is 5.60 Å². The van der Waals surface area contributed by atoms with Crippen LogP contribution in [-0.4, -0.2) is 47.1 Å². The summed E-state index contributed by atoms with van der Waals surface area (Å²) in [6.45, 7) is 4.38. The van der Waals surface area contributed by atoms with Crippen molar-refractivity contribution in [3.63, 3.8) is 0 Å². The van der Waals surface area contributed by atoms with E-state index in [1.165, 1.54) is 12.0 Å². The predicted molar refractivity (Wildman–Crippen MR) is 96.8 cm³/mol. The van der Waals surface area contributed by atoms with E-state index in [2.05, 4.69) is 42.2 Å². The minimum Gasteiger partial charge on any atom is -0.450 e. The second-order valence-electron chi connectivity index (χ2n) is 8.15. The molecule has 1 unspecified atom stereocenters. The van der Waals surface area contributed by atoms with Crippen molar-refractivity contribution in [2.45, 2.75) is 37.8 Å². The number of rotatable bonds is 1. The van der Waals surface area contributed by atoms with E-state index >= 15 is 0 Å². The molecule has 0 N–H and O–H groups in total. The Morgan fingerprint density at radius 3 is 3.04 bits per heavy atom. The molecule has 5 rings (SSSR count). The van der Waals surface area contributed by atoms with Gasteiger partial charge < -0.3 is 4.74 Å². The number of piperidine rings is 1. The number of ether oxygens (including phenoxy) is 1. The van der Waals surface area contributed by atoms with Gasteiger partial charge in [-0.1, -0.05) is 37.3 Å². The highest BCUT2D eigenvalue weighted by Gasteiger charge is 2.70. The molecule has 4 heteroatoms. The van der Waals surface area contributed by atoms with Gasteiger partial charge in [-0.15, -0.1) is 0 Å². The van der Waals surface area contributed by atoms with Crippen LogP contribution in [0.3, 0.4) is 0 Å². The Morgan fingerprint density at radius 1 is 1.29 bits per heavy atom. The summed E-state index contributed by atoms with van der Waals surface area (Å²) in [5.41, 5.74) is 0.380. The summed E-state index contributed by atoms with van der Waals surface area (Å²) < 4.78 is 6.28. The van der Waals surface area contributed by atoms with Crippen molar-refractivity contribution in [3.05, 3.63) is 36.0 Å². The van der Waals surface area contributed by atoms with E-state index in [1.54, 1.807) is 0 Å². The van der Waals surface area contributed by atoms with E-state index in [9.17, 15) is 4.79 Å². The topological polar surface area (TPSA) is 29.5 Å². The minimum absolute atomic E-state index is 0.0130. The predicted octanol–water partition coefficient (Wildman–Crippen LogP) is 3.19. The zero-order valence-corrected chi connectivity index (χ0v) is 15.1. The normalized spacial score (nSPS) is 47.0. The quantitative estimate of drug-likeness (QED) is 0.684. The molecule has 4 saturated heterocycles. The van der Waals surface area contributed by atoms with Gasteiger partial charge in [-0.3, -0.25) is 9.69 Å². The fourth-order valence-corrected chi connectivity index (χ4v) is 6.90. The van der Waals surface area contributed by atoms with Gasteiger partial charge in [0, 0.05) is 6.54 Å². The van der Waals surface area contributed by atoms with Crippen molar-refractivity contribution < 1.29 is 9.53 Å². The van der Waals surface area contributed by atoms with Gasteiger partial charge in [-0.2, -0.15) is 11.8 Å². The first-order valence-corrected chi connectivity index (χ1v) is 10.4. The fourth-order valence-electron chi connectivity index (χ4n) is 5.57. The summed E-state index contributed by atoms with van der Waals surface area (Å²) in [6.07, 6.45) is 14.1. The Labute approximate surface area is 148 Å². The van der Waals surface area contributed by atoms with E-state index in [-0.39, 0.29) is 11.6 Å². The summed E-state index contributed by atoms with van der Waals surface area (Å²) in [7, 11) is 0. The van der Waals surface area contributed by atoms with Crippen molar-refractivity contribution in [3.8, 4) is 0 Å². The van der Waals surface area contributed by atoms with Crippen LogP contribution in [0.4, 0.5) is 0 Å². The first kappa shape index (κ1) is 15.3. The van der Waals surface area contributed by atoms with Gasteiger partial charge >= 0.3 is 5.97 Å². The van der Waals surface area contributed by atoms with Crippen molar-refractivity contribution in [2.24, 2.45) is 17.3 Å². The molecule has 4 fully saturated rings. The number of esters is 1. The maximum Gasteiger partial charge on any atom is 0.321 e. The molecular formula is C20H25NO2S. The van der Waals surface area contributed by atoms with Gasteiger partial charge in [-0.25, -0.2) is 0 Å². The third-order valence-corrected chi connectivity index (χ3v) is 8.05. The summed E-state index contributed by atoms with van der Waals surface area (Å²) in [6, 6.07) is 0.382. The smallest absolute Gasteiger partial charge is 0.321 e. The number of carbonyl (C=O) groups excluding carboxylic acids is 1. The second-order valence-corrected chi connectivity index (χ2v) is 9.30. The number of hydrogen-bond acceptors (Lipinski definition) is 4. The monoisotopic (exact) mass is 343 g/mol. The molecular weight excluding hydrogens is 318 g/mol. The van der Waals surface area contributed by atoms with Crippen molar-refractivity contribution >= 4 is 17.7 Å². The van der Waals surface area contributed by atoms with E-state index in [0.717, 1.165) is 43.4 Å². The van der Waals surface area contributed by atoms with Gasteiger partial charge in [0.05, 0.1) is 6.04 Å². The van der Waals surface area contributed by atoms with E-state index in [0.29, 0.717) is 12.0 Å². The van der Waals surface area contributed by atoms with Crippen molar-refractivity contribution in [2.75, 3.05) is 24.6 Å².